The third kappa shape index (κ3) is 3.73. The zero-order chi connectivity index (χ0) is 13.7. The largest absolute Gasteiger partial charge is 0.467 e. The number of hydrogen-bond donors (Lipinski definition) is 2. The van der Waals surface area contributed by atoms with E-state index in [0.29, 0.717) is 12.1 Å². The number of esters is 1. The molecule has 1 unspecified atom stereocenters. The highest BCUT2D eigenvalue weighted by atomic mass is 35.5. The molecule has 1 aromatic heterocycles. The van der Waals surface area contributed by atoms with Crippen LogP contribution in [0.5, 0.6) is 0 Å². The maximum Gasteiger partial charge on any atom is 0.328 e. The summed E-state index contributed by atoms with van der Waals surface area (Å²) in [5.74, 6) is -0.115. The molecule has 1 atom stereocenters. The molecule has 0 radical (unpaired) electrons. The predicted octanol–water partition coefficient (Wildman–Crippen LogP) is 1.42. The van der Waals surface area contributed by atoms with E-state index in [-0.39, 0.29) is 10.9 Å². The third-order valence-electron chi connectivity index (χ3n) is 2.32. The highest BCUT2D eigenvalue weighted by Crippen LogP contribution is 2.18. The van der Waals surface area contributed by atoms with Crippen LogP contribution in [0.2, 0.25) is 5.02 Å². The van der Waals surface area contributed by atoms with Crippen LogP contribution < -0.4 is 10.9 Å². The lowest BCUT2D eigenvalue weighted by molar-refractivity contribution is -0.141. The van der Waals surface area contributed by atoms with E-state index in [2.05, 4.69) is 15.5 Å². The monoisotopic (exact) mass is 273 g/mol. The number of carbonyl (C=O) groups excluding carboxylic acids is 1. The molecule has 0 saturated carbocycles. The zero-order valence-corrected chi connectivity index (χ0v) is 11.2. The van der Waals surface area contributed by atoms with Gasteiger partial charge in [-0.15, -0.1) is 0 Å². The molecule has 1 heterocycles. The second-order valence-electron chi connectivity index (χ2n) is 4.28. The fourth-order valence-corrected chi connectivity index (χ4v) is 1.65. The van der Waals surface area contributed by atoms with Crippen LogP contribution in [0.3, 0.4) is 0 Å². The number of H-pyrrole nitrogens is 1. The van der Waals surface area contributed by atoms with Crippen molar-refractivity contribution in [2.75, 3.05) is 12.4 Å². The third-order valence-corrected chi connectivity index (χ3v) is 2.69. The number of nitrogens with zero attached hydrogens (tertiary/aromatic N) is 1. The first-order valence-electron chi connectivity index (χ1n) is 5.53. The summed E-state index contributed by atoms with van der Waals surface area (Å²) in [7, 11) is 1.31. The summed E-state index contributed by atoms with van der Waals surface area (Å²) in [5.41, 5.74) is -0.189. The number of methoxy groups -OCH3 is 1. The summed E-state index contributed by atoms with van der Waals surface area (Å²) in [4.78, 5) is 22.9. The molecule has 0 spiro atoms. The number of carbonyl (C=O) groups is 1. The Morgan fingerprint density at radius 1 is 1.61 bits per heavy atom. The Hall–Kier alpha value is -1.56. The molecule has 0 amide bonds. The molecule has 0 saturated heterocycles. The standard InChI is InChI=1S/C11H16ClN3O3/c1-6(2)4-7(11(17)18-3)14-8-5-13-15-10(16)9(8)12/h5-7H,4H2,1-3H3,(H2,14,15,16). The lowest BCUT2D eigenvalue weighted by Gasteiger charge is -2.19. The minimum Gasteiger partial charge on any atom is -0.467 e. The van der Waals surface area contributed by atoms with E-state index in [1.807, 2.05) is 13.8 Å². The maximum atomic E-state index is 11.6. The molecule has 1 rings (SSSR count). The van der Waals surface area contributed by atoms with Crippen molar-refractivity contribution < 1.29 is 9.53 Å². The van der Waals surface area contributed by atoms with Crippen LogP contribution >= 0.6 is 11.6 Å². The first kappa shape index (κ1) is 14.5. The van der Waals surface area contributed by atoms with Gasteiger partial charge in [0.25, 0.3) is 5.56 Å². The lowest BCUT2D eigenvalue weighted by atomic mass is 10.0. The van der Waals surface area contributed by atoms with Gasteiger partial charge in [0.05, 0.1) is 19.0 Å². The Balaban J connectivity index is 2.92. The molecule has 7 heteroatoms. The minimum atomic E-state index is -0.559. The second-order valence-corrected chi connectivity index (χ2v) is 4.65. The number of ether oxygens (including phenoxy) is 1. The molecule has 0 fully saturated rings. The quantitative estimate of drug-likeness (QED) is 0.793. The van der Waals surface area contributed by atoms with Crippen molar-refractivity contribution in [1.82, 2.24) is 10.2 Å². The molecule has 18 heavy (non-hydrogen) atoms. The molecule has 0 bridgehead atoms. The van der Waals surface area contributed by atoms with Crippen LogP contribution in [0.4, 0.5) is 5.69 Å². The molecule has 0 aliphatic rings. The first-order chi connectivity index (χ1) is 8.45. The van der Waals surface area contributed by atoms with E-state index in [1.54, 1.807) is 0 Å². The highest BCUT2D eigenvalue weighted by Gasteiger charge is 2.21. The smallest absolute Gasteiger partial charge is 0.328 e. The summed E-state index contributed by atoms with van der Waals surface area (Å²) >= 11 is 5.82. The highest BCUT2D eigenvalue weighted by molar-refractivity contribution is 6.33. The molecule has 6 nitrogen and oxygen atoms in total. The Kier molecular flexibility index (Phi) is 5.15. The van der Waals surface area contributed by atoms with Gasteiger partial charge in [0.15, 0.2) is 0 Å². The van der Waals surface area contributed by atoms with Crippen LogP contribution in [-0.4, -0.2) is 29.3 Å². The maximum absolute atomic E-state index is 11.6. The number of hydrogen-bond acceptors (Lipinski definition) is 5. The van der Waals surface area contributed by atoms with E-state index in [4.69, 9.17) is 16.3 Å². The Labute approximate surface area is 110 Å². The van der Waals surface area contributed by atoms with Crippen molar-refractivity contribution in [3.63, 3.8) is 0 Å². The molecule has 0 aliphatic heterocycles. The van der Waals surface area contributed by atoms with Gasteiger partial charge in [0, 0.05) is 0 Å². The van der Waals surface area contributed by atoms with E-state index in [0.717, 1.165) is 0 Å². The fourth-order valence-electron chi connectivity index (χ4n) is 1.50. The van der Waals surface area contributed by atoms with Gasteiger partial charge in [-0.2, -0.15) is 5.10 Å². The van der Waals surface area contributed by atoms with Crippen molar-refractivity contribution in [2.45, 2.75) is 26.3 Å². The summed E-state index contributed by atoms with van der Waals surface area (Å²) in [5, 5.41) is 8.69. The van der Waals surface area contributed by atoms with Crippen LogP contribution in [0, 0.1) is 5.92 Å². The summed E-state index contributed by atoms with van der Waals surface area (Å²) in [6, 6.07) is -0.559. The lowest BCUT2D eigenvalue weighted by Crippen LogP contribution is -2.32. The second kappa shape index (κ2) is 6.39. The normalized spacial score (nSPS) is 12.3. The van der Waals surface area contributed by atoms with E-state index < -0.39 is 17.6 Å². The average Bonchev–Trinajstić information content (AvgIpc) is 2.32. The average molecular weight is 274 g/mol. The van der Waals surface area contributed by atoms with E-state index in [9.17, 15) is 9.59 Å². The summed E-state index contributed by atoms with van der Waals surface area (Å²) < 4.78 is 4.70. The van der Waals surface area contributed by atoms with Gasteiger partial charge in [-0.3, -0.25) is 4.79 Å². The minimum absolute atomic E-state index is 0.0253. The molecule has 2 N–H and O–H groups in total. The van der Waals surface area contributed by atoms with Crippen molar-refractivity contribution in [3.8, 4) is 0 Å². The number of rotatable bonds is 5. The van der Waals surface area contributed by atoms with E-state index >= 15 is 0 Å². The number of aromatic amines is 1. The Morgan fingerprint density at radius 2 is 2.28 bits per heavy atom. The van der Waals surface area contributed by atoms with Gasteiger partial charge in [-0.1, -0.05) is 25.4 Å². The van der Waals surface area contributed by atoms with Gasteiger partial charge >= 0.3 is 5.97 Å². The molecule has 1 aromatic rings. The van der Waals surface area contributed by atoms with Crippen molar-refractivity contribution in [2.24, 2.45) is 5.92 Å². The summed E-state index contributed by atoms with van der Waals surface area (Å²) in [6.07, 6.45) is 1.93. The number of halogens is 1. The number of aromatic nitrogens is 2. The predicted molar refractivity (Wildman–Crippen MR) is 68.7 cm³/mol. The SMILES string of the molecule is COC(=O)C(CC(C)C)Nc1cn[nH]c(=O)c1Cl. The van der Waals surface area contributed by atoms with Gasteiger partial charge in [-0.05, 0) is 12.3 Å². The zero-order valence-electron chi connectivity index (χ0n) is 10.5. The number of anilines is 1. The molecular weight excluding hydrogens is 258 g/mol. The molecule has 100 valence electrons. The Morgan fingerprint density at radius 3 is 2.83 bits per heavy atom. The Bertz CT molecular complexity index is 473. The van der Waals surface area contributed by atoms with E-state index in [1.165, 1.54) is 13.3 Å². The summed E-state index contributed by atoms with van der Waals surface area (Å²) in [6.45, 7) is 3.96. The van der Waals surface area contributed by atoms with Crippen LogP contribution in [-0.2, 0) is 9.53 Å². The fraction of sp³-hybridized carbons (Fsp3) is 0.545. The van der Waals surface area contributed by atoms with Crippen molar-refractivity contribution in [3.05, 3.63) is 21.6 Å². The van der Waals surface area contributed by atoms with Crippen LogP contribution in [0.25, 0.3) is 0 Å². The molecular formula is C11H16ClN3O3. The topological polar surface area (TPSA) is 84.1 Å². The number of nitrogens with one attached hydrogen (secondary N) is 2. The molecule has 0 aliphatic carbocycles. The molecule has 0 aromatic carbocycles. The van der Waals surface area contributed by atoms with Gasteiger partial charge < -0.3 is 10.1 Å². The van der Waals surface area contributed by atoms with Crippen LogP contribution in [0.15, 0.2) is 11.0 Å². The van der Waals surface area contributed by atoms with Gasteiger partial charge in [-0.25, -0.2) is 9.89 Å². The first-order valence-corrected chi connectivity index (χ1v) is 5.91. The van der Waals surface area contributed by atoms with Crippen molar-refractivity contribution in [1.29, 1.82) is 0 Å². The van der Waals surface area contributed by atoms with Gasteiger partial charge in [0.1, 0.15) is 11.1 Å². The van der Waals surface area contributed by atoms with Crippen molar-refractivity contribution >= 4 is 23.3 Å². The van der Waals surface area contributed by atoms with Crippen LogP contribution in [0.1, 0.15) is 20.3 Å². The van der Waals surface area contributed by atoms with Gasteiger partial charge in [0.2, 0.25) is 0 Å².